The minimum Gasteiger partial charge on any atom is -0.368 e. The number of pyridine rings is 1. The smallest absolute Gasteiger partial charge is 0.279 e. The van der Waals surface area contributed by atoms with E-state index in [0.29, 0.717) is 13.1 Å². The molecule has 0 amide bonds. The Morgan fingerprint density at radius 1 is 0.900 bits per heavy atom. The van der Waals surface area contributed by atoms with E-state index >= 15 is 0 Å². The predicted octanol–water partition coefficient (Wildman–Crippen LogP) is 2.37. The second-order valence-corrected chi connectivity index (χ2v) is 9.51. The number of halogens is 1. The van der Waals surface area contributed by atoms with Crippen LogP contribution in [0.2, 0.25) is 0 Å². The van der Waals surface area contributed by atoms with E-state index in [2.05, 4.69) is 19.5 Å². The van der Waals surface area contributed by atoms with Crippen LogP contribution in [0.1, 0.15) is 24.8 Å². The van der Waals surface area contributed by atoms with Gasteiger partial charge >= 0.3 is 0 Å². The Balaban J connectivity index is 1.34. The summed E-state index contributed by atoms with van der Waals surface area (Å²) in [6.45, 7) is 4.67. The fourth-order valence-electron chi connectivity index (χ4n) is 3.96. The highest BCUT2D eigenvalue weighted by atomic mass is 32.2. The van der Waals surface area contributed by atoms with Crippen molar-refractivity contribution in [2.24, 2.45) is 0 Å². The Bertz CT molecular complexity index is 940. The van der Waals surface area contributed by atoms with E-state index in [-0.39, 0.29) is 12.4 Å². The summed E-state index contributed by atoms with van der Waals surface area (Å²) in [5.74, 6) is 0.623. The van der Waals surface area contributed by atoms with Gasteiger partial charge in [0.25, 0.3) is 10.2 Å². The Morgan fingerprint density at radius 3 is 2.27 bits per heavy atom. The van der Waals surface area contributed by atoms with Gasteiger partial charge < -0.3 is 9.80 Å². The lowest BCUT2D eigenvalue weighted by atomic mass is 10.2. The summed E-state index contributed by atoms with van der Waals surface area (Å²) in [7, 11) is -3.44. The standard InChI is InChI=1S/C21H28FN5O2S/c22-19-4-6-20(7-5-19)25-12-14-26(15-13-25)21-16-18(8-9-23-21)17-24-30(28,29)27-10-2-1-3-11-27/h4-9,16,24H,1-3,10-15,17H2. The van der Waals surface area contributed by atoms with Gasteiger partial charge in [0.1, 0.15) is 11.6 Å². The number of hydrogen-bond donors (Lipinski definition) is 1. The van der Waals surface area contributed by atoms with Crippen LogP contribution in [0, 0.1) is 5.82 Å². The van der Waals surface area contributed by atoms with Crippen LogP contribution in [0.3, 0.4) is 0 Å². The summed E-state index contributed by atoms with van der Waals surface area (Å²) < 4.78 is 42.4. The van der Waals surface area contributed by atoms with Crippen molar-refractivity contribution in [3.05, 3.63) is 54.0 Å². The Kier molecular flexibility index (Phi) is 6.50. The summed E-state index contributed by atoms with van der Waals surface area (Å²) >= 11 is 0. The van der Waals surface area contributed by atoms with Gasteiger partial charge in [0.15, 0.2) is 0 Å². The summed E-state index contributed by atoms with van der Waals surface area (Å²) in [4.78, 5) is 8.90. The lowest BCUT2D eigenvalue weighted by Crippen LogP contribution is -2.46. The van der Waals surface area contributed by atoms with Crippen molar-refractivity contribution < 1.29 is 12.8 Å². The van der Waals surface area contributed by atoms with Gasteiger partial charge in [0, 0.05) is 57.7 Å². The number of anilines is 2. The van der Waals surface area contributed by atoms with Gasteiger partial charge in [0.2, 0.25) is 0 Å². The summed E-state index contributed by atoms with van der Waals surface area (Å²) in [5.41, 5.74) is 1.91. The van der Waals surface area contributed by atoms with Gasteiger partial charge in [-0.05, 0) is 54.8 Å². The van der Waals surface area contributed by atoms with E-state index in [1.807, 2.05) is 12.1 Å². The second-order valence-electron chi connectivity index (χ2n) is 7.76. The minimum atomic E-state index is -3.44. The van der Waals surface area contributed by atoms with Gasteiger partial charge in [-0.3, -0.25) is 0 Å². The fourth-order valence-corrected chi connectivity index (χ4v) is 5.23. The number of nitrogens with one attached hydrogen (secondary N) is 1. The maximum Gasteiger partial charge on any atom is 0.279 e. The molecule has 0 atom stereocenters. The van der Waals surface area contributed by atoms with Crippen LogP contribution in [0.4, 0.5) is 15.9 Å². The highest BCUT2D eigenvalue weighted by Gasteiger charge is 2.23. The van der Waals surface area contributed by atoms with E-state index in [1.165, 1.54) is 16.4 Å². The molecule has 9 heteroatoms. The molecule has 2 saturated heterocycles. The Morgan fingerprint density at radius 2 is 1.57 bits per heavy atom. The molecule has 0 saturated carbocycles. The molecule has 0 aliphatic carbocycles. The van der Waals surface area contributed by atoms with Crippen LogP contribution in [0.15, 0.2) is 42.6 Å². The zero-order chi connectivity index (χ0) is 21.0. The quantitative estimate of drug-likeness (QED) is 0.758. The third-order valence-corrected chi connectivity index (χ3v) is 7.27. The second kappa shape index (κ2) is 9.28. The number of benzene rings is 1. The highest BCUT2D eigenvalue weighted by Crippen LogP contribution is 2.20. The maximum atomic E-state index is 13.1. The van der Waals surface area contributed by atoms with Gasteiger partial charge in [-0.15, -0.1) is 0 Å². The molecule has 4 rings (SSSR count). The molecule has 0 bridgehead atoms. The van der Waals surface area contributed by atoms with Crippen molar-refractivity contribution in [3.8, 4) is 0 Å². The van der Waals surface area contributed by atoms with E-state index in [4.69, 9.17) is 0 Å². The molecule has 7 nitrogen and oxygen atoms in total. The molecule has 2 fully saturated rings. The minimum absolute atomic E-state index is 0.227. The molecule has 0 unspecified atom stereocenters. The van der Waals surface area contributed by atoms with E-state index in [9.17, 15) is 12.8 Å². The normalized spacial score (nSPS) is 18.6. The lowest BCUT2D eigenvalue weighted by molar-refractivity contribution is 0.341. The molecular formula is C21H28FN5O2S. The molecule has 2 aromatic rings. The van der Waals surface area contributed by atoms with E-state index < -0.39 is 10.2 Å². The molecule has 3 heterocycles. The Hall–Kier alpha value is -2.23. The van der Waals surface area contributed by atoms with Crippen molar-refractivity contribution in [1.29, 1.82) is 0 Å². The monoisotopic (exact) mass is 433 g/mol. The predicted molar refractivity (Wildman–Crippen MR) is 116 cm³/mol. The first-order valence-electron chi connectivity index (χ1n) is 10.5. The van der Waals surface area contributed by atoms with Crippen LogP contribution in [-0.4, -0.2) is 57.0 Å². The van der Waals surface area contributed by atoms with Crippen LogP contribution in [0.5, 0.6) is 0 Å². The average molecular weight is 434 g/mol. The molecule has 162 valence electrons. The van der Waals surface area contributed by atoms with Gasteiger partial charge in [-0.1, -0.05) is 6.42 Å². The topological polar surface area (TPSA) is 68.8 Å². The number of aromatic nitrogens is 1. The first kappa shape index (κ1) is 21.0. The molecule has 0 spiro atoms. The van der Waals surface area contributed by atoms with Gasteiger partial charge in [-0.2, -0.15) is 17.4 Å². The lowest BCUT2D eigenvalue weighted by Gasteiger charge is -2.36. The van der Waals surface area contributed by atoms with Crippen molar-refractivity contribution in [2.45, 2.75) is 25.8 Å². The molecule has 0 radical (unpaired) electrons. The zero-order valence-electron chi connectivity index (χ0n) is 17.0. The van der Waals surface area contributed by atoms with Crippen molar-refractivity contribution in [2.75, 3.05) is 49.1 Å². The number of nitrogens with zero attached hydrogens (tertiary/aromatic N) is 4. The number of hydrogen-bond acceptors (Lipinski definition) is 5. The molecule has 1 N–H and O–H groups in total. The highest BCUT2D eigenvalue weighted by molar-refractivity contribution is 7.87. The van der Waals surface area contributed by atoms with Crippen LogP contribution >= 0.6 is 0 Å². The van der Waals surface area contributed by atoms with E-state index in [1.54, 1.807) is 18.3 Å². The van der Waals surface area contributed by atoms with Crippen LogP contribution < -0.4 is 14.5 Å². The molecule has 30 heavy (non-hydrogen) atoms. The first-order valence-corrected chi connectivity index (χ1v) is 11.9. The third kappa shape index (κ3) is 5.08. The maximum absolute atomic E-state index is 13.1. The SMILES string of the molecule is O=S(=O)(NCc1ccnc(N2CCN(c3ccc(F)cc3)CC2)c1)N1CCCCC1. The van der Waals surface area contributed by atoms with Crippen molar-refractivity contribution in [3.63, 3.8) is 0 Å². The summed E-state index contributed by atoms with van der Waals surface area (Å²) in [6.07, 6.45) is 4.66. The molecule has 1 aromatic carbocycles. The zero-order valence-corrected chi connectivity index (χ0v) is 17.8. The largest absolute Gasteiger partial charge is 0.368 e. The van der Waals surface area contributed by atoms with Crippen molar-refractivity contribution in [1.82, 2.24) is 14.0 Å². The molecule has 2 aliphatic heterocycles. The van der Waals surface area contributed by atoms with E-state index in [0.717, 1.165) is 62.5 Å². The van der Waals surface area contributed by atoms with Crippen molar-refractivity contribution >= 4 is 21.7 Å². The number of piperazine rings is 1. The molecule has 2 aliphatic rings. The first-order chi connectivity index (χ1) is 14.5. The summed E-state index contributed by atoms with van der Waals surface area (Å²) in [5, 5.41) is 0. The average Bonchev–Trinajstić information content (AvgIpc) is 2.79. The van der Waals surface area contributed by atoms with Gasteiger partial charge in [0.05, 0.1) is 0 Å². The third-order valence-electron chi connectivity index (χ3n) is 5.72. The number of piperidine rings is 1. The van der Waals surface area contributed by atoms with Crippen LogP contribution in [0.25, 0.3) is 0 Å². The summed E-state index contributed by atoms with van der Waals surface area (Å²) in [6, 6.07) is 10.4. The Labute approximate surface area is 177 Å². The van der Waals surface area contributed by atoms with Gasteiger partial charge in [-0.25, -0.2) is 9.37 Å². The fraction of sp³-hybridized carbons (Fsp3) is 0.476. The molecular weight excluding hydrogens is 405 g/mol. The molecule has 1 aromatic heterocycles. The van der Waals surface area contributed by atoms with Crippen LogP contribution in [-0.2, 0) is 16.8 Å². The number of rotatable bonds is 6.